The van der Waals surface area contributed by atoms with E-state index in [-0.39, 0.29) is 30.7 Å². The summed E-state index contributed by atoms with van der Waals surface area (Å²) in [5.74, 6) is -1.41. The quantitative estimate of drug-likeness (QED) is 0.328. The summed E-state index contributed by atoms with van der Waals surface area (Å²) in [6, 6.07) is 12.0. The third-order valence-electron chi connectivity index (χ3n) is 8.34. The fourth-order valence-electron chi connectivity index (χ4n) is 5.96. The van der Waals surface area contributed by atoms with Gasteiger partial charge in [-0.15, -0.1) is 0 Å². The summed E-state index contributed by atoms with van der Waals surface area (Å²) < 4.78 is 27.6. The molecule has 2 aliphatic heterocycles. The predicted octanol–water partition coefficient (Wildman–Crippen LogP) is 4.35. The van der Waals surface area contributed by atoms with Crippen molar-refractivity contribution in [3.05, 3.63) is 70.8 Å². The van der Waals surface area contributed by atoms with Crippen LogP contribution in [0, 0.1) is 11.6 Å². The Kier molecular flexibility index (Phi) is 10.3. The number of carbonyl (C=O) groups excluding carboxylic acids is 1. The van der Waals surface area contributed by atoms with Gasteiger partial charge in [0, 0.05) is 11.6 Å². The van der Waals surface area contributed by atoms with Crippen LogP contribution in [0.5, 0.6) is 0 Å². The highest BCUT2D eigenvalue weighted by Gasteiger charge is 2.38. The van der Waals surface area contributed by atoms with Crippen LogP contribution in [0.2, 0.25) is 0 Å². The summed E-state index contributed by atoms with van der Waals surface area (Å²) in [4.78, 5) is 15.4. The van der Waals surface area contributed by atoms with Gasteiger partial charge in [0.2, 0.25) is 5.91 Å². The monoisotopic (exact) mass is 556 g/mol. The third-order valence-corrected chi connectivity index (χ3v) is 8.34. The third kappa shape index (κ3) is 8.32. The largest absolute Gasteiger partial charge is 0.390 e. The lowest BCUT2D eigenvalue weighted by Crippen LogP contribution is -2.63. The second-order valence-corrected chi connectivity index (χ2v) is 12.6. The van der Waals surface area contributed by atoms with Crippen molar-refractivity contribution in [2.45, 2.75) is 88.9 Å². The Balaban J connectivity index is 1.58. The van der Waals surface area contributed by atoms with Crippen LogP contribution in [0.25, 0.3) is 0 Å². The van der Waals surface area contributed by atoms with Crippen molar-refractivity contribution in [1.29, 1.82) is 0 Å². The number of amides is 1. The van der Waals surface area contributed by atoms with Crippen LogP contribution in [0.3, 0.4) is 0 Å². The molecule has 2 saturated heterocycles. The number of aryl methyl sites for hydroxylation is 1. The average molecular weight is 557 g/mol. The number of hydrogen-bond donors (Lipinski definition) is 4. The summed E-state index contributed by atoms with van der Waals surface area (Å²) in [7, 11) is 0. The molecule has 2 atom stereocenters. The Morgan fingerprint density at radius 1 is 1.05 bits per heavy atom. The number of halogens is 2. The summed E-state index contributed by atoms with van der Waals surface area (Å²) in [5.41, 5.74) is 2.36. The second-order valence-electron chi connectivity index (χ2n) is 12.6. The van der Waals surface area contributed by atoms with Gasteiger partial charge in [0.25, 0.3) is 0 Å². The van der Waals surface area contributed by atoms with Crippen molar-refractivity contribution in [3.63, 3.8) is 0 Å². The van der Waals surface area contributed by atoms with Crippen LogP contribution >= 0.6 is 0 Å². The summed E-state index contributed by atoms with van der Waals surface area (Å²) in [6.07, 6.45) is 3.77. The Bertz CT molecular complexity index is 1100. The summed E-state index contributed by atoms with van der Waals surface area (Å²) in [6.45, 7) is 10.3. The number of rotatable bonds is 10. The lowest BCUT2D eigenvalue weighted by molar-refractivity contribution is -0.124. The van der Waals surface area contributed by atoms with Gasteiger partial charge < -0.3 is 15.7 Å². The number of aliphatic hydroxyl groups is 1. The Hall–Kier alpha value is -2.39. The first-order chi connectivity index (χ1) is 19.0. The number of benzene rings is 2. The number of carbonyl (C=O) groups is 1. The molecule has 0 saturated carbocycles. The Labute approximate surface area is 237 Å². The average Bonchev–Trinajstić information content (AvgIpc) is 2.91. The molecule has 0 aliphatic carbocycles. The van der Waals surface area contributed by atoms with Crippen molar-refractivity contribution in [2.75, 3.05) is 32.7 Å². The number of nitrogens with zero attached hydrogens (tertiary/aromatic N) is 1. The van der Waals surface area contributed by atoms with Crippen LogP contribution in [-0.4, -0.2) is 60.9 Å². The SMILES string of the molecule is CC(C)(C)c1cccc(C2(NC(NC(=O)CN3CCCCC3)C(O)CCc3cc(F)cc(F)c3)CCNCC2)c1. The van der Waals surface area contributed by atoms with Crippen LogP contribution in [0.1, 0.15) is 76.0 Å². The smallest absolute Gasteiger partial charge is 0.235 e. The molecule has 0 radical (unpaired) electrons. The van der Waals surface area contributed by atoms with Gasteiger partial charge >= 0.3 is 0 Å². The van der Waals surface area contributed by atoms with Crippen LogP contribution in [0.15, 0.2) is 42.5 Å². The molecule has 6 nitrogen and oxygen atoms in total. The minimum atomic E-state index is -0.964. The molecule has 2 aromatic rings. The van der Waals surface area contributed by atoms with Crippen molar-refractivity contribution >= 4 is 5.91 Å². The fraction of sp³-hybridized carbons (Fsp3) is 0.594. The number of nitrogens with one attached hydrogen (secondary N) is 3. The van der Waals surface area contributed by atoms with Crippen LogP contribution in [-0.2, 0) is 22.2 Å². The fourth-order valence-corrected chi connectivity index (χ4v) is 5.96. The molecular weight excluding hydrogens is 510 g/mol. The van der Waals surface area contributed by atoms with Crippen LogP contribution < -0.4 is 16.0 Å². The standard InChI is InChI=1S/C32H46F2N4O2/c1-31(2,3)24-8-7-9-25(20-24)32(12-14-35-15-13-32)37-30(36-29(40)22-38-16-5-4-6-17-38)28(39)11-10-23-18-26(33)21-27(34)19-23/h7-9,18-21,28,30,35,37,39H,4-6,10-17,22H2,1-3H3,(H,36,40). The van der Waals surface area contributed by atoms with Gasteiger partial charge in [0.1, 0.15) is 17.8 Å². The molecule has 0 aromatic heterocycles. The minimum Gasteiger partial charge on any atom is -0.390 e. The minimum absolute atomic E-state index is 0.0219. The Morgan fingerprint density at radius 2 is 1.73 bits per heavy atom. The highest BCUT2D eigenvalue weighted by Crippen LogP contribution is 2.34. The van der Waals surface area contributed by atoms with Gasteiger partial charge in [0.15, 0.2) is 0 Å². The summed E-state index contributed by atoms with van der Waals surface area (Å²) >= 11 is 0. The number of piperidine rings is 2. The molecule has 2 fully saturated rings. The molecule has 8 heteroatoms. The maximum Gasteiger partial charge on any atom is 0.235 e. The zero-order valence-electron chi connectivity index (χ0n) is 24.2. The molecule has 4 N–H and O–H groups in total. The first-order valence-corrected chi connectivity index (χ1v) is 14.8. The van der Waals surface area contributed by atoms with Gasteiger partial charge in [0.05, 0.1) is 12.6 Å². The van der Waals surface area contributed by atoms with E-state index >= 15 is 0 Å². The number of likely N-dealkylation sites (tertiary alicyclic amines) is 1. The molecular formula is C32H46F2N4O2. The van der Waals surface area contributed by atoms with E-state index in [9.17, 15) is 18.7 Å². The molecule has 2 aliphatic rings. The highest BCUT2D eigenvalue weighted by molar-refractivity contribution is 5.78. The molecule has 2 unspecified atom stereocenters. The maximum absolute atomic E-state index is 13.8. The maximum atomic E-state index is 13.8. The van der Waals surface area contributed by atoms with Crippen molar-refractivity contribution in [1.82, 2.24) is 20.9 Å². The molecule has 0 bridgehead atoms. The second kappa shape index (κ2) is 13.5. The molecule has 0 spiro atoms. The van der Waals surface area contributed by atoms with Crippen molar-refractivity contribution in [3.8, 4) is 0 Å². The zero-order chi connectivity index (χ0) is 28.8. The van der Waals surface area contributed by atoms with Gasteiger partial charge in [-0.25, -0.2) is 8.78 Å². The molecule has 220 valence electrons. The van der Waals surface area contributed by atoms with Gasteiger partial charge in [-0.1, -0.05) is 51.5 Å². The van der Waals surface area contributed by atoms with Crippen molar-refractivity contribution in [2.24, 2.45) is 0 Å². The number of aliphatic hydroxyl groups excluding tert-OH is 1. The highest BCUT2D eigenvalue weighted by atomic mass is 19.1. The van der Waals surface area contributed by atoms with E-state index in [4.69, 9.17) is 0 Å². The van der Waals surface area contributed by atoms with E-state index < -0.39 is 29.4 Å². The predicted molar refractivity (Wildman–Crippen MR) is 155 cm³/mol. The molecule has 2 aromatic carbocycles. The molecule has 2 heterocycles. The van der Waals surface area contributed by atoms with Gasteiger partial charge in [-0.05, 0) is 98.9 Å². The van der Waals surface area contributed by atoms with E-state index in [1.54, 1.807) is 0 Å². The van der Waals surface area contributed by atoms with Gasteiger partial charge in [-0.2, -0.15) is 0 Å². The number of hydrogen-bond acceptors (Lipinski definition) is 5. The lowest BCUT2D eigenvalue weighted by atomic mass is 9.77. The molecule has 1 amide bonds. The van der Waals surface area contributed by atoms with E-state index in [2.05, 4.69) is 65.9 Å². The Morgan fingerprint density at radius 3 is 2.38 bits per heavy atom. The molecule has 40 heavy (non-hydrogen) atoms. The van der Waals surface area contributed by atoms with Crippen molar-refractivity contribution < 1.29 is 18.7 Å². The van der Waals surface area contributed by atoms with Crippen LogP contribution in [0.4, 0.5) is 8.78 Å². The summed E-state index contributed by atoms with van der Waals surface area (Å²) in [5, 5.41) is 21.7. The van der Waals surface area contributed by atoms with E-state index in [1.807, 2.05) is 0 Å². The van der Waals surface area contributed by atoms with E-state index in [0.29, 0.717) is 5.56 Å². The molecule has 4 rings (SSSR count). The lowest BCUT2D eigenvalue weighted by Gasteiger charge is -2.43. The van der Waals surface area contributed by atoms with E-state index in [1.165, 1.54) is 24.1 Å². The first kappa shape index (κ1) is 30.6. The first-order valence-electron chi connectivity index (χ1n) is 14.8. The zero-order valence-corrected chi connectivity index (χ0v) is 24.2. The normalized spacial score (nSPS) is 19.6. The topological polar surface area (TPSA) is 76.6 Å². The van der Waals surface area contributed by atoms with E-state index in [0.717, 1.165) is 63.5 Å². The van der Waals surface area contributed by atoms with Gasteiger partial charge in [-0.3, -0.25) is 15.0 Å².